The number of hydrogen-bond donors (Lipinski definition) is 0. The molecule has 2 aromatic carbocycles. The summed E-state index contributed by atoms with van der Waals surface area (Å²) in [5.74, 6) is 0.514. The maximum atomic E-state index is 2.46. The fourth-order valence-electron chi connectivity index (χ4n) is 4.88. The van der Waals surface area contributed by atoms with Gasteiger partial charge in [-0.1, -0.05) is 94.8 Å². The van der Waals surface area contributed by atoms with Crippen LogP contribution in [0.5, 0.6) is 0 Å². The first-order valence-electron chi connectivity index (χ1n) is 11.2. The highest BCUT2D eigenvalue weighted by Crippen LogP contribution is 2.42. The number of unbranched alkanes of at least 4 members (excludes halogenated alkanes) is 2. The summed E-state index contributed by atoms with van der Waals surface area (Å²) in [6.07, 6.45) is 11.7. The van der Waals surface area contributed by atoms with Crippen LogP contribution in [0.3, 0.4) is 0 Å². The zero-order valence-electron chi connectivity index (χ0n) is 18.6. The van der Waals surface area contributed by atoms with Crippen molar-refractivity contribution < 1.29 is 4.57 Å². The molecule has 0 aliphatic heterocycles. The predicted molar refractivity (Wildman–Crippen MR) is 122 cm³/mol. The molecule has 3 rings (SSSR count). The summed E-state index contributed by atoms with van der Waals surface area (Å²) >= 11 is 0. The maximum absolute atomic E-state index is 2.46. The molecule has 0 saturated carbocycles. The molecule has 2 atom stereocenters. The van der Waals surface area contributed by atoms with Crippen molar-refractivity contribution >= 4 is 0 Å². The first kappa shape index (κ1) is 21.4. The minimum atomic E-state index is -0.00293. The number of imidazole rings is 1. The number of nitrogens with zero attached hydrogens (tertiary/aromatic N) is 2. The Morgan fingerprint density at radius 2 is 1.59 bits per heavy atom. The minimum absolute atomic E-state index is 0.00293. The fourth-order valence-corrected chi connectivity index (χ4v) is 4.88. The number of aromatic nitrogens is 2. The summed E-state index contributed by atoms with van der Waals surface area (Å²) in [7, 11) is 0. The molecule has 0 bridgehead atoms. The van der Waals surface area contributed by atoms with E-state index in [1.165, 1.54) is 30.4 Å². The Kier molecular flexibility index (Phi) is 7.30. The summed E-state index contributed by atoms with van der Waals surface area (Å²) in [6, 6.07) is 22.4. The number of benzene rings is 2. The Balaban J connectivity index is 1.99. The van der Waals surface area contributed by atoms with Crippen LogP contribution in [0.15, 0.2) is 79.4 Å². The molecule has 2 unspecified atom stereocenters. The molecule has 154 valence electrons. The quantitative estimate of drug-likeness (QED) is 0.282. The Bertz CT molecular complexity index is 851. The molecule has 3 aromatic rings. The van der Waals surface area contributed by atoms with Gasteiger partial charge >= 0.3 is 0 Å². The smallest absolute Gasteiger partial charge is 0.237 e. The lowest BCUT2D eigenvalue weighted by Crippen LogP contribution is -2.40. The van der Waals surface area contributed by atoms with Crippen molar-refractivity contribution in [3.05, 3.63) is 90.5 Å². The first-order valence-corrected chi connectivity index (χ1v) is 11.2. The minimum Gasteiger partial charge on any atom is -0.237 e. The largest absolute Gasteiger partial charge is 0.244 e. The molecule has 0 N–H and O–H groups in total. The molecular weight excluding hydrogens is 352 g/mol. The van der Waals surface area contributed by atoms with Gasteiger partial charge in [-0.05, 0) is 36.3 Å². The van der Waals surface area contributed by atoms with Crippen molar-refractivity contribution in [1.29, 1.82) is 0 Å². The van der Waals surface area contributed by atoms with E-state index >= 15 is 0 Å². The van der Waals surface area contributed by atoms with E-state index in [2.05, 4.69) is 116 Å². The normalized spacial score (nSPS) is 14.7. The third-order valence-corrected chi connectivity index (χ3v) is 6.18. The van der Waals surface area contributed by atoms with E-state index < -0.39 is 0 Å². The van der Waals surface area contributed by atoms with Crippen molar-refractivity contribution in [3.63, 3.8) is 0 Å². The van der Waals surface area contributed by atoms with Gasteiger partial charge in [-0.15, -0.1) is 0 Å². The van der Waals surface area contributed by atoms with Gasteiger partial charge in [0.1, 0.15) is 18.4 Å². The average molecular weight is 390 g/mol. The molecule has 2 nitrogen and oxygen atoms in total. The highest BCUT2D eigenvalue weighted by Gasteiger charge is 2.42. The van der Waals surface area contributed by atoms with Gasteiger partial charge in [0, 0.05) is 5.41 Å². The van der Waals surface area contributed by atoms with Gasteiger partial charge < -0.3 is 0 Å². The molecule has 0 radical (unpaired) electrons. The van der Waals surface area contributed by atoms with Crippen molar-refractivity contribution in [2.45, 2.75) is 71.4 Å². The molecular formula is C27H37N2+. The van der Waals surface area contributed by atoms with Gasteiger partial charge in [-0.25, -0.2) is 9.13 Å². The Morgan fingerprint density at radius 1 is 0.931 bits per heavy atom. The number of rotatable bonds is 10. The summed E-state index contributed by atoms with van der Waals surface area (Å²) in [6.45, 7) is 10.5. The third-order valence-electron chi connectivity index (χ3n) is 6.18. The van der Waals surface area contributed by atoms with Gasteiger partial charge in [0.25, 0.3) is 0 Å². The van der Waals surface area contributed by atoms with Gasteiger partial charge in [0.05, 0.1) is 6.54 Å². The number of hydrogen-bond acceptors (Lipinski definition) is 0. The lowest BCUT2D eigenvalue weighted by Gasteiger charge is -2.38. The van der Waals surface area contributed by atoms with Crippen molar-refractivity contribution in [1.82, 2.24) is 4.57 Å². The summed E-state index contributed by atoms with van der Waals surface area (Å²) < 4.78 is 4.82. The van der Waals surface area contributed by atoms with E-state index in [1.807, 2.05) is 0 Å². The van der Waals surface area contributed by atoms with Crippen LogP contribution in [0.1, 0.15) is 64.1 Å². The average Bonchev–Trinajstić information content (AvgIpc) is 3.17. The van der Waals surface area contributed by atoms with E-state index in [-0.39, 0.29) is 5.41 Å². The van der Waals surface area contributed by atoms with E-state index in [1.54, 1.807) is 0 Å². The van der Waals surface area contributed by atoms with Crippen LogP contribution in [-0.2, 0) is 18.4 Å². The second-order valence-corrected chi connectivity index (χ2v) is 8.94. The fraction of sp³-hybridized carbons (Fsp3) is 0.444. The Labute approximate surface area is 177 Å². The van der Waals surface area contributed by atoms with Gasteiger partial charge in [0.15, 0.2) is 0 Å². The van der Waals surface area contributed by atoms with Crippen LogP contribution in [0, 0.1) is 5.92 Å². The highest BCUT2D eigenvalue weighted by molar-refractivity contribution is 5.31. The Hall–Kier alpha value is -2.35. The summed E-state index contributed by atoms with van der Waals surface area (Å²) in [5, 5.41) is 0. The molecule has 29 heavy (non-hydrogen) atoms. The molecule has 0 spiro atoms. The Morgan fingerprint density at radius 3 is 2.21 bits per heavy atom. The molecule has 0 aliphatic carbocycles. The van der Waals surface area contributed by atoms with E-state index in [0.717, 1.165) is 13.0 Å². The maximum Gasteiger partial charge on any atom is 0.244 e. The van der Waals surface area contributed by atoms with Crippen molar-refractivity contribution in [2.24, 2.45) is 5.92 Å². The van der Waals surface area contributed by atoms with Crippen LogP contribution in [-0.4, -0.2) is 4.57 Å². The SMILES string of the molecule is CCCCC[n+]1ccn(C(C(C)C)C(C)(Cc2ccccc2)c2ccccc2)c1. The molecule has 2 heteroatoms. The van der Waals surface area contributed by atoms with Crippen LogP contribution in [0.25, 0.3) is 0 Å². The predicted octanol–water partition coefficient (Wildman–Crippen LogP) is 6.36. The second-order valence-electron chi connectivity index (χ2n) is 8.94. The summed E-state index contributed by atoms with van der Waals surface area (Å²) in [4.78, 5) is 0. The van der Waals surface area contributed by atoms with Gasteiger partial charge in [-0.3, -0.25) is 0 Å². The molecule has 0 amide bonds. The van der Waals surface area contributed by atoms with Crippen LogP contribution >= 0.6 is 0 Å². The first-order chi connectivity index (χ1) is 14.0. The second kappa shape index (κ2) is 9.91. The monoisotopic (exact) mass is 389 g/mol. The number of aryl methyl sites for hydroxylation is 1. The van der Waals surface area contributed by atoms with Gasteiger partial charge in [0.2, 0.25) is 6.33 Å². The van der Waals surface area contributed by atoms with Crippen molar-refractivity contribution in [3.8, 4) is 0 Å². The highest BCUT2D eigenvalue weighted by atomic mass is 15.1. The molecule has 1 heterocycles. The zero-order valence-corrected chi connectivity index (χ0v) is 18.6. The van der Waals surface area contributed by atoms with E-state index in [4.69, 9.17) is 0 Å². The molecule has 0 fully saturated rings. The lowest BCUT2D eigenvalue weighted by molar-refractivity contribution is -0.697. The standard InChI is InChI=1S/C27H37N2/c1-5-6-13-18-28-19-20-29(22-28)26(23(2)3)27(4,25-16-11-8-12-17-25)21-24-14-9-7-10-15-24/h7-12,14-17,19-20,22-23,26H,5-6,13,18,21H2,1-4H3/q+1. The molecule has 0 aliphatic rings. The molecule has 1 aromatic heterocycles. The third kappa shape index (κ3) is 5.18. The van der Waals surface area contributed by atoms with Crippen LogP contribution < -0.4 is 4.57 Å². The van der Waals surface area contributed by atoms with Crippen LogP contribution in [0.2, 0.25) is 0 Å². The van der Waals surface area contributed by atoms with Gasteiger partial charge in [-0.2, -0.15) is 0 Å². The zero-order chi connectivity index (χ0) is 20.7. The topological polar surface area (TPSA) is 8.81 Å². The lowest BCUT2D eigenvalue weighted by atomic mass is 9.68. The van der Waals surface area contributed by atoms with Crippen LogP contribution in [0.4, 0.5) is 0 Å². The van der Waals surface area contributed by atoms with E-state index in [0.29, 0.717) is 12.0 Å². The van der Waals surface area contributed by atoms with E-state index in [9.17, 15) is 0 Å². The van der Waals surface area contributed by atoms with Crippen molar-refractivity contribution in [2.75, 3.05) is 0 Å². The molecule has 0 saturated heterocycles. The summed E-state index contributed by atoms with van der Waals surface area (Å²) in [5.41, 5.74) is 2.80.